The first-order valence-electron chi connectivity index (χ1n) is 4.95. The summed E-state index contributed by atoms with van der Waals surface area (Å²) in [5.41, 5.74) is 1.04. The molecule has 1 aliphatic heterocycles. The maximum absolute atomic E-state index is 10.9. The molecule has 0 fully saturated rings. The molecule has 1 aromatic rings. The second-order valence-corrected chi connectivity index (χ2v) is 3.37. The van der Waals surface area contributed by atoms with E-state index in [0.29, 0.717) is 6.54 Å². The van der Waals surface area contributed by atoms with E-state index in [1.165, 1.54) is 7.11 Å². The molecular formula is C11H14ClNO4. The van der Waals surface area contributed by atoms with Crippen molar-refractivity contribution in [2.24, 2.45) is 0 Å². The van der Waals surface area contributed by atoms with Gasteiger partial charge in [-0.2, -0.15) is 0 Å². The topological polar surface area (TPSA) is 56.8 Å². The molecule has 0 amide bonds. The number of nitrogens with one attached hydrogen (secondary N) is 1. The summed E-state index contributed by atoms with van der Waals surface area (Å²) >= 11 is 0. The summed E-state index contributed by atoms with van der Waals surface area (Å²) in [7, 11) is 1.37. The van der Waals surface area contributed by atoms with Gasteiger partial charge in [-0.3, -0.25) is 4.79 Å². The minimum absolute atomic E-state index is 0. The lowest BCUT2D eigenvalue weighted by atomic mass is 10.2. The lowest BCUT2D eigenvalue weighted by Crippen LogP contribution is -2.23. The zero-order chi connectivity index (χ0) is 11.4. The molecule has 0 bridgehead atoms. The van der Waals surface area contributed by atoms with Crippen LogP contribution in [0.2, 0.25) is 0 Å². The van der Waals surface area contributed by atoms with Gasteiger partial charge in [0.15, 0.2) is 11.5 Å². The Morgan fingerprint density at radius 2 is 2.18 bits per heavy atom. The molecule has 0 unspecified atom stereocenters. The van der Waals surface area contributed by atoms with Crippen LogP contribution in [0.5, 0.6) is 11.5 Å². The largest absolute Gasteiger partial charge is 0.468 e. The molecule has 1 aromatic carbocycles. The number of methoxy groups -OCH3 is 1. The molecule has 5 nitrogen and oxygen atoms in total. The van der Waals surface area contributed by atoms with Crippen LogP contribution in [-0.2, 0) is 16.1 Å². The average molecular weight is 260 g/mol. The molecule has 0 radical (unpaired) electrons. The van der Waals surface area contributed by atoms with E-state index in [1.54, 1.807) is 0 Å². The Morgan fingerprint density at radius 3 is 2.94 bits per heavy atom. The van der Waals surface area contributed by atoms with E-state index < -0.39 is 0 Å². The second kappa shape index (κ2) is 6.32. The minimum atomic E-state index is -0.277. The Hall–Kier alpha value is -1.46. The lowest BCUT2D eigenvalue weighted by Gasteiger charge is -2.04. The summed E-state index contributed by atoms with van der Waals surface area (Å²) in [6.07, 6.45) is 0. The normalized spacial score (nSPS) is 11.8. The predicted octanol–water partition coefficient (Wildman–Crippen LogP) is 1.10. The van der Waals surface area contributed by atoms with Crippen molar-refractivity contribution in [3.05, 3.63) is 23.8 Å². The number of carbonyl (C=O) groups excluding carboxylic acids is 1. The van der Waals surface area contributed by atoms with Crippen LogP contribution in [0.4, 0.5) is 0 Å². The molecule has 1 aliphatic rings. The molecule has 1 heterocycles. The van der Waals surface area contributed by atoms with E-state index in [9.17, 15) is 4.79 Å². The Balaban J connectivity index is 0.00000144. The molecule has 2 rings (SSSR count). The molecule has 0 saturated carbocycles. The third kappa shape index (κ3) is 3.51. The summed E-state index contributed by atoms with van der Waals surface area (Å²) in [6.45, 7) is 1.06. The van der Waals surface area contributed by atoms with Crippen LogP contribution in [0, 0.1) is 0 Å². The van der Waals surface area contributed by atoms with Gasteiger partial charge in [-0.25, -0.2) is 0 Å². The quantitative estimate of drug-likeness (QED) is 0.821. The number of carbonyl (C=O) groups is 1. The number of hydrogen-bond donors (Lipinski definition) is 1. The van der Waals surface area contributed by atoms with E-state index in [4.69, 9.17) is 9.47 Å². The highest BCUT2D eigenvalue weighted by molar-refractivity contribution is 5.85. The van der Waals surface area contributed by atoms with Crippen molar-refractivity contribution in [1.29, 1.82) is 0 Å². The maximum Gasteiger partial charge on any atom is 0.319 e. The maximum atomic E-state index is 10.9. The van der Waals surface area contributed by atoms with E-state index >= 15 is 0 Å². The van der Waals surface area contributed by atoms with E-state index in [-0.39, 0.29) is 31.7 Å². The molecule has 0 spiro atoms. The Labute approximate surface area is 105 Å². The lowest BCUT2D eigenvalue weighted by molar-refractivity contribution is -0.139. The summed E-state index contributed by atoms with van der Waals surface area (Å²) < 4.78 is 15.0. The number of ether oxygens (including phenoxy) is 3. The zero-order valence-corrected chi connectivity index (χ0v) is 10.2. The van der Waals surface area contributed by atoms with E-state index in [0.717, 1.165) is 17.1 Å². The number of rotatable bonds is 4. The second-order valence-electron chi connectivity index (χ2n) is 3.37. The van der Waals surface area contributed by atoms with Gasteiger partial charge < -0.3 is 19.5 Å². The molecular weight excluding hydrogens is 246 g/mol. The molecule has 17 heavy (non-hydrogen) atoms. The first-order valence-corrected chi connectivity index (χ1v) is 4.95. The number of benzene rings is 1. The van der Waals surface area contributed by atoms with Gasteiger partial charge in [-0.05, 0) is 17.7 Å². The third-order valence-corrected chi connectivity index (χ3v) is 2.26. The van der Waals surface area contributed by atoms with Gasteiger partial charge >= 0.3 is 5.97 Å². The van der Waals surface area contributed by atoms with Gasteiger partial charge in [0.25, 0.3) is 0 Å². The van der Waals surface area contributed by atoms with Crippen LogP contribution in [0.1, 0.15) is 5.56 Å². The van der Waals surface area contributed by atoms with E-state index in [1.807, 2.05) is 18.2 Å². The smallest absolute Gasteiger partial charge is 0.319 e. The summed E-state index contributed by atoms with van der Waals surface area (Å²) in [5.74, 6) is 1.23. The van der Waals surface area contributed by atoms with Crippen LogP contribution in [-0.4, -0.2) is 26.4 Å². The van der Waals surface area contributed by atoms with Crippen molar-refractivity contribution in [3.8, 4) is 11.5 Å². The Morgan fingerprint density at radius 1 is 1.41 bits per heavy atom. The van der Waals surface area contributed by atoms with Crippen LogP contribution >= 0.6 is 12.4 Å². The zero-order valence-electron chi connectivity index (χ0n) is 9.39. The number of esters is 1. The van der Waals surface area contributed by atoms with Crippen LogP contribution in [0.25, 0.3) is 0 Å². The summed E-state index contributed by atoms with van der Waals surface area (Å²) in [5, 5.41) is 2.97. The minimum Gasteiger partial charge on any atom is -0.468 e. The monoisotopic (exact) mass is 259 g/mol. The fourth-order valence-electron chi connectivity index (χ4n) is 1.43. The van der Waals surface area contributed by atoms with Crippen molar-refractivity contribution in [1.82, 2.24) is 5.32 Å². The highest BCUT2D eigenvalue weighted by Crippen LogP contribution is 2.32. The van der Waals surface area contributed by atoms with Gasteiger partial charge in [0, 0.05) is 6.54 Å². The third-order valence-electron chi connectivity index (χ3n) is 2.26. The Bertz CT molecular complexity index is 397. The van der Waals surface area contributed by atoms with Gasteiger partial charge in [0.1, 0.15) is 0 Å². The molecule has 94 valence electrons. The number of fused-ring (bicyclic) bond motifs is 1. The van der Waals surface area contributed by atoms with Crippen molar-refractivity contribution in [2.45, 2.75) is 6.54 Å². The SMILES string of the molecule is COC(=O)CNCc1ccc2c(c1)OCO2.Cl. The van der Waals surface area contributed by atoms with Crippen molar-refractivity contribution < 1.29 is 19.0 Å². The van der Waals surface area contributed by atoms with Crippen LogP contribution in [0.3, 0.4) is 0 Å². The standard InChI is InChI=1S/C11H13NO4.ClH/c1-14-11(13)6-12-5-8-2-3-9-10(4-8)16-7-15-9;/h2-4,12H,5-7H2,1H3;1H. The van der Waals surface area contributed by atoms with Crippen LogP contribution < -0.4 is 14.8 Å². The van der Waals surface area contributed by atoms with Crippen molar-refractivity contribution >= 4 is 18.4 Å². The molecule has 6 heteroatoms. The first-order chi connectivity index (χ1) is 7.79. The van der Waals surface area contributed by atoms with Gasteiger partial charge in [-0.15, -0.1) is 12.4 Å². The molecule has 0 aromatic heterocycles. The number of hydrogen-bond acceptors (Lipinski definition) is 5. The highest BCUT2D eigenvalue weighted by atomic mass is 35.5. The van der Waals surface area contributed by atoms with Crippen molar-refractivity contribution in [3.63, 3.8) is 0 Å². The van der Waals surface area contributed by atoms with Gasteiger partial charge in [0.2, 0.25) is 6.79 Å². The van der Waals surface area contributed by atoms with Gasteiger partial charge in [0.05, 0.1) is 13.7 Å². The molecule has 0 atom stereocenters. The number of halogens is 1. The van der Waals surface area contributed by atoms with Crippen molar-refractivity contribution in [2.75, 3.05) is 20.4 Å². The predicted molar refractivity (Wildman–Crippen MR) is 63.5 cm³/mol. The average Bonchev–Trinajstić information content (AvgIpc) is 2.76. The fourth-order valence-corrected chi connectivity index (χ4v) is 1.43. The first kappa shape index (κ1) is 13.6. The molecule has 0 aliphatic carbocycles. The Kier molecular flexibility index (Phi) is 5.06. The molecule has 1 N–H and O–H groups in total. The summed E-state index contributed by atoms with van der Waals surface area (Å²) in [6, 6.07) is 5.68. The molecule has 0 saturated heterocycles. The highest BCUT2D eigenvalue weighted by Gasteiger charge is 2.12. The summed E-state index contributed by atoms with van der Waals surface area (Å²) in [4.78, 5) is 10.9. The van der Waals surface area contributed by atoms with E-state index in [2.05, 4.69) is 10.1 Å². The van der Waals surface area contributed by atoms with Crippen LogP contribution in [0.15, 0.2) is 18.2 Å². The fraction of sp³-hybridized carbons (Fsp3) is 0.364. The van der Waals surface area contributed by atoms with Gasteiger partial charge in [-0.1, -0.05) is 6.07 Å².